The number of aliphatic carboxylic acids is 1. The molecule has 5 rings (SSSR count). The average Bonchev–Trinajstić information content (AvgIpc) is 3.61. The van der Waals surface area contributed by atoms with Crippen LogP contribution in [0.4, 0.5) is 4.39 Å². The lowest BCUT2D eigenvalue weighted by molar-refractivity contribution is -0.145. The van der Waals surface area contributed by atoms with Crippen molar-refractivity contribution in [3.8, 4) is 0 Å². The zero-order chi connectivity index (χ0) is 33.2. The number of hydrogen-bond acceptors (Lipinski definition) is 6. The van der Waals surface area contributed by atoms with Gasteiger partial charge in [0.1, 0.15) is 11.9 Å². The predicted octanol–water partition coefficient (Wildman–Crippen LogP) is 5.82. The number of aryl methyl sites for hydroxylation is 1. The van der Waals surface area contributed by atoms with Crippen LogP contribution in [-0.4, -0.2) is 84.1 Å². The van der Waals surface area contributed by atoms with Crippen molar-refractivity contribution >= 4 is 15.8 Å². The van der Waals surface area contributed by atoms with Crippen LogP contribution in [0.15, 0.2) is 59.5 Å². The van der Waals surface area contributed by atoms with E-state index in [1.165, 1.54) is 18.0 Å². The van der Waals surface area contributed by atoms with Crippen molar-refractivity contribution in [3.05, 3.63) is 82.9 Å². The van der Waals surface area contributed by atoms with E-state index in [4.69, 9.17) is 5.10 Å². The second kappa shape index (κ2) is 14.4. The maximum atomic E-state index is 14.3. The third kappa shape index (κ3) is 7.89. The highest BCUT2D eigenvalue weighted by Gasteiger charge is 2.42. The van der Waals surface area contributed by atoms with Crippen LogP contribution in [0.5, 0.6) is 0 Å². The highest BCUT2D eigenvalue weighted by atomic mass is 32.2. The molecule has 46 heavy (non-hydrogen) atoms. The minimum atomic E-state index is -3.22. The van der Waals surface area contributed by atoms with Crippen LogP contribution >= 0.6 is 0 Å². The van der Waals surface area contributed by atoms with Gasteiger partial charge in [-0.25, -0.2) is 12.8 Å². The fourth-order valence-corrected chi connectivity index (χ4v) is 8.52. The topological polar surface area (TPSA) is 95.7 Å². The van der Waals surface area contributed by atoms with E-state index in [1.807, 2.05) is 39.1 Å². The van der Waals surface area contributed by atoms with Crippen molar-refractivity contribution < 1.29 is 22.7 Å². The number of aromatic nitrogens is 2. The van der Waals surface area contributed by atoms with Gasteiger partial charge in [-0.05, 0) is 112 Å². The third-order valence-electron chi connectivity index (χ3n) is 10.2. The number of carboxylic acids is 1. The van der Waals surface area contributed by atoms with E-state index in [0.29, 0.717) is 23.2 Å². The molecule has 1 saturated carbocycles. The van der Waals surface area contributed by atoms with Crippen LogP contribution < -0.4 is 0 Å². The molecule has 0 bridgehead atoms. The Morgan fingerprint density at radius 1 is 1.09 bits per heavy atom. The second-order valence-corrected chi connectivity index (χ2v) is 15.8. The lowest BCUT2D eigenvalue weighted by atomic mass is 9.87. The van der Waals surface area contributed by atoms with Crippen LogP contribution in [-0.2, 0) is 27.6 Å². The predicted molar refractivity (Wildman–Crippen MR) is 178 cm³/mol. The van der Waals surface area contributed by atoms with Crippen molar-refractivity contribution in [2.24, 2.45) is 11.8 Å². The average molecular weight is 653 g/mol. The highest BCUT2D eigenvalue weighted by Crippen LogP contribution is 2.43. The zero-order valence-electron chi connectivity index (χ0n) is 27.8. The van der Waals surface area contributed by atoms with Crippen molar-refractivity contribution in [2.45, 2.75) is 88.2 Å². The van der Waals surface area contributed by atoms with E-state index in [-0.39, 0.29) is 23.7 Å². The first kappa shape index (κ1) is 34.3. The molecule has 0 amide bonds. The molecule has 1 saturated heterocycles. The lowest BCUT2D eigenvalue weighted by Gasteiger charge is -2.35. The van der Waals surface area contributed by atoms with Crippen LogP contribution in [0.2, 0.25) is 0 Å². The summed E-state index contributed by atoms with van der Waals surface area (Å²) >= 11 is 0. The van der Waals surface area contributed by atoms with E-state index in [0.717, 1.165) is 68.7 Å². The normalized spacial score (nSPS) is 22.1. The summed E-state index contributed by atoms with van der Waals surface area (Å²) in [7, 11) is -1.28. The molecule has 1 aliphatic carbocycles. The van der Waals surface area contributed by atoms with Gasteiger partial charge in [-0.2, -0.15) is 5.10 Å². The van der Waals surface area contributed by atoms with Gasteiger partial charge in [-0.15, -0.1) is 0 Å². The van der Waals surface area contributed by atoms with Gasteiger partial charge in [0, 0.05) is 43.4 Å². The molecule has 2 heterocycles. The van der Waals surface area contributed by atoms with Gasteiger partial charge in [0.15, 0.2) is 9.84 Å². The monoisotopic (exact) mass is 652 g/mol. The number of piperidine rings is 1. The number of sulfone groups is 1. The summed E-state index contributed by atoms with van der Waals surface area (Å²) in [5.74, 6) is -0.117. The molecular formula is C36H49FN4O4S. The first-order chi connectivity index (χ1) is 21.8. The third-order valence-corrected chi connectivity index (χ3v) is 11.4. The van der Waals surface area contributed by atoms with Crippen LogP contribution in [0.1, 0.15) is 80.8 Å². The summed E-state index contributed by atoms with van der Waals surface area (Å²) in [5, 5.41) is 14.9. The summed E-state index contributed by atoms with van der Waals surface area (Å²) in [6.07, 6.45) is 5.66. The number of benzene rings is 2. The Morgan fingerprint density at radius 2 is 1.78 bits per heavy atom. The summed E-state index contributed by atoms with van der Waals surface area (Å²) in [6, 6.07) is 15.8. The number of hydrogen-bond donors (Lipinski definition) is 1. The number of nitrogens with zero attached hydrogens (tertiary/aromatic N) is 4. The van der Waals surface area contributed by atoms with Crippen LogP contribution in [0, 0.1) is 17.7 Å². The number of carbonyl (C=O) groups is 1. The molecule has 0 spiro atoms. The Morgan fingerprint density at radius 3 is 2.37 bits per heavy atom. The van der Waals surface area contributed by atoms with Gasteiger partial charge in [0.25, 0.3) is 0 Å². The molecule has 0 radical (unpaired) electrons. The summed E-state index contributed by atoms with van der Waals surface area (Å²) in [4.78, 5) is 17.1. The van der Waals surface area contributed by atoms with Gasteiger partial charge in [0.05, 0.1) is 10.6 Å². The van der Waals surface area contributed by atoms with Crippen molar-refractivity contribution in [2.75, 3.05) is 32.9 Å². The second-order valence-electron chi connectivity index (χ2n) is 13.8. The van der Waals surface area contributed by atoms with E-state index < -0.39 is 21.8 Å². The van der Waals surface area contributed by atoms with E-state index >= 15 is 0 Å². The molecular weight excluding hydrogens is 603 g/mol. The van der Waals surface area contributed by atoms with E-state index in [9.17, 15) is 22.7 Å². The Balaban J connectivity index is 1.25. The van der Waals surface area contributed by atoms with Crippen LogP contribution in [0.25, 0.3) is 0 Å². The Labute approximate surface area is 273 Å². The smallest absolute Gasteiger partial charge is 0.321 e. The maximum absolute atomic E-state index is 14.3. The molecule has 10 heteroatoms. The minimum Gasteiger partial charge on any atom is -0.480 e. The van der Waals surface area contributed by atoms with Gasteiger partial charge in [-0.1, -0.05) is 38.1 Å². The fourth-order valence-electron chi connectivity index (χ4n) is 7.89. The summed E-state index contributed by atoms with van der Waals surface area (Å²) < 4.78 is 40.1. The summed E-state index contributed by atoms with van der Waals surface area (Å²) in [5.41, 5.74) is 4.30. The molecule has 2 aromatic carbocycles. The number of likely N-dealkylation sites (N-methyl/N-ethyl adjacent to an activating group) is 1. The number of likely N-dealkylation sites (tertiary alicyclic amines) is 1. The molecule has 3 aromatic rings. The first-order valence-electron chi connectivity index (χ1n) is 16.6. The van der Waals surface area contributed by atoms with E-state index in [2.05, 4.69) is 27.5 Å². The quantitative estimate of drug-likeness (QED) is 0.264. The Bertz CT molecular complexity index is 1600. The van der Waals surface area contributed by atoms with Gasteiger partial charge < -0.3 is 10.0 Å². The van der Waals surface area contributed by atoms with Crippen molar-refractivity contribution in [3.63, 3.8) is 0 Å². The molecule has 250 valence electrons. The zero-order valence-corrected chi connectivity index (χ0v) is 28.6. The van der Waals surface area contributed by atoms with E-state index in [1.54, 1.807) is 24.3 Å². The SMILES string of the molecule is CCn1nc(Cc2ccc(S(C)(=O)=O)cc2)cc1C1CCN(CC2CC(N(C)[C@@H](C(=O)O)C(C)C)CC2c2cccc(F)c2)CC1. The first-order valence-corrected chi connectivity index (χ1v) is 18.5. The van der Waals surface area contributed by atoms with Crippen molar-refractivity contribution in [1.82, 2.24) is 19.6 Å². The van der Waals surface area contributed by atoms with Gasteiger partial charge >= 0.3 is 5.97 Å². The van der Waals surface area contributed by atoms with Gasteiger partial charge in [0.2, 0.25) is 0 Å². The van der Waals surface area contributed by atoms with Crippen LogP contribution in [0.3, 0.4) is 0 Å². The molecule has 2 fully saturated rings. The largest absolute Gasteiger partial charge is 0.480 e. The molecule has 2 aliphatic rings. The molecule has 4 atom stereocenters. The van der Waals surface area contributed by atoms with Gasteiger partial charge in [-0.3, -0.25) is 14.4 Å². The molecule has 1 N–H and O–H groups in total. The Kier molecular flexibility index (Phi) is 10.7. The molecule has 8 nitrogen and oxygen atoms in total. The highest BCUT2D eigenvalue weighted by molar-refractivity contribution is 7.90. The maximum Gasteiger partial charge on any atom is 0.321 e. The standard InChI is InChI=1S/C36H49FN4O4S/c1-6-41-34(21-30(38-41)18-25-10-12-32(13-11-25)46(5,44)45)26-14-16-40(17-15-26)23-28-20-31(39(4)35(24(2)3)36(42)43)22-33(28)27-8-7-9-29(37)19-27/h7-13,19,21,24,26,28,31,33,35H,6,14-18,20,22-23H2,1-5H3,(H,42,43)/t28?,31?,33?,35-/m1/s1. The fraction of sp³-hybridized carbons (Fsp3) is 0.556. The van der Waals surface area contributed by atoms with Crippen molar-refractivity contribution in [1.29, 1.82) is 0 Å². The molecule has 3 unspecified atom stereocenters. The lowest BCUT2D eigenvalue weighted by Crippen LogP contribution is -2.47. The molecule has 1 aromatic heterocycles. The number of rotatable bonds is 12. The number of halogens is 1. The summed E-state index contributed by atoms with van der Waals surface area (Å²) in [6.45, 7) is 9.69. The number of carboxylic acid groups (broad SMARTS) is 1. The molecule has 1 aliphatic heterocycles. The minimum absolute atomic E-state index is 0.00861. The Hall–Kier alpha value is -3.08.